The maximum absolute atomic E-state index is 9.52. The normalized spacial score (nSPS) is 25.1. The Morgan fingerprint density at radius 2 is 1.48 bits per heavy atom. The van der Waals surface area contributed by atoms with E-state index in [2.05, 4.69) is 19.9 Å². The molecule has 0 aromatic heterocycles. The molecule has 0 heterocycles. The van der Waals surface area contributed by atoms with Crippen LogP contribution in [0, 0.1) is 22.7 Å². The molecule has 21 heavy (non-hydrogen) atoms. The number of nitriles is 1. The third-order valence-corrected chi connectivity index (χ3v) is 5.53. The molecule has 122 valence electrons. The van der Waals surface area contributed by atoms with Crippen LogP contribution in [-0.2, 0) is 0 Å². The molecule has 1 fully saturated rings. The molecule has 1 rings (SSSR count). The maximum atomic E-state index is 9.52. The van der Waals surface area contributed by atoms with E-state index in [1.54, 1.807) is 0 Å². The van der Waals surface area contributed by atoms with Gasteiger partial charge in [0.15, 0.2) is 0 Å². The molecule has 1 aliphatic rings. The molecular formula is C20H37N. The second-order valence-corrected chi connectivity index (χ2v) is 7.34. The molecule has 2 unspecified atom stereocenters. The summed E-state index contributed by atoms with van der Waals surface area (Å²) in [6, 6.07) is 2.67. The van der Waals surface area contributed by atoms with Crippen LogP contribution in [0.3, 0.4) is 0 Å². The van der Waals surface area contributed by atoms with Crippen LogP contribution in [0.1, 0.15) is 110 Å². The average molecular weight is 292 g/mol. The monoisotopic (exact) mass is 291 g/mol. The van der Waals surface area contributed by atoms with Crippen molar-refractivity contribution >= 4 is 0 Å². The van der Waals surface area contributed by atoms with E-state index in [0.717, 1.165) is 12.3 Å². The van der Waals surface area contributed by atoms with E-state index in [4.69, 9.17) is 0 Å². The van der Waals surface area contributed by atoms with Gasteiger partial charge in [0.25, 0.3) is 0 Å². The largest absolute Gasteiger partial charge is 0.198 e. The van der Waals surface area contributed by atoms with Crippen molar-refractivity contribution in [2.45, 2.75) is 110 Å². The van der Waals surface area contributed by atoms with Crippen molar-refractivity contribution in [2.24, 2.45) is 11.3 Å². The molecule has 0 radical (unpaired) electrons. The first-order chi connectivity index (χ1) is 10.3. The lowest BCUT2D eigenvalue weighted by Crippen LogP contribution is -2.14. The van der Waals surface area contributed by atoms with E-state index in [1.165, 1.54) is 89.9 Å². The number of rotatable bonds is 12. The van der Waals surface area contributed by atoms with Gasteiger partial charge in [-0.25, -0.2) is 0 Å². The second-order valence-electron chi connectivity index (χ2n) is 7.34. The van der Waals surface area contributed by atoms with E-state index in [9.17, 15) is 5.26 Å². The summed E-state index contributed by atoms with van der Waals surface area (Å²) in [5, 5.41) is 9.52. The van der Waals surface area contributed by atoms with Gasteiger partial charge < -0.3 is 0 Å². The Hall–Kier alpha value is -0.510. The molecular weight excluding hydrogens is 254 g/mol. The van der Waals surface area contributed by atoms with Crippen molar-refractivity contribution in [3.05, 3.63) is 0 Å². The molecule has 2 atom stereocenters. The van der Waals surface area contributed by atoms with Crippen LogP contribution in [0.25, 0.3) is 0 Å². The van der Waals surface area contributed by atoms with Crippen molar-refractivity contribution in [3.8, 4) is 6.07 Å². The predicted octanol–water partition coefficient (Wildman–Crippen LogP) is 7.02. The predicted molar refractivity (Wildman–Crippen MR) is 92.1 cm³/mol. The fourth-order valence-electron chi connectivity index (χ4n) is 3.92. The van der Waals surface area contributed by atoms with Crippen LogP contribution in [0.2, 0.25) is 0 Å². The molecule has 1 aliphatic carbocycles. The van der Waals surface area contributed by atoms with Crippen LogP contribution in [0.5, 0.6) is 0 Å². The van der Waals surface area contributed by atoms with Gasteiger partial charge in [0.05, 0.1) is 11.5 Å². The van der Waals surface area contributed by atoms with Gasteiger partial charge in [-0.3, -0.25) is 0 Å². The van der Waals surface area contributed by atoms with Crippen molar-refractivity contribution in [1.82, 2.24) is 0 Å². The summed E-state index contributed by atoms with van der Waals surface area (Å²) in [6.07, 6.45) is 19.9. The van der Waals surface area contributed by atoms with Gasteiger partial charge in [-0.2, -0.15) is 5.26 Å². The molecule has 0 aromatic carbocycles. The summed E-state index contributed by atoms with van der Waals surface area (Å²) >= 11 is 0. The van der Waals surface area contributed by atoms with E-state index >= 15 is 0 Å². The Morgan fingerprint density at radius 1 is 0.905 bits per heavy atom. The first kappa shape index (κ1) is 18.5. The molecule has 0 aromatic rings. The summed E-state index contributed by atoms with van der Waals surface area (Å²) < 4.78 is 0. The molecule has 0 amide bonds. The van der Waals surface area contributed by atoms with Crippen molar-refractivity contribution in [3.63, 3.8) is 0 Å². The molecule has 1 saturated carbocycles. The van der Waals surface area contributed by atoms with Gasteiger partial charge in [0.1, 0.15) is 0 Å². The third kappa shape index (κ3) is 7.35. The molecule has 1 nitrogen and oxygen atoms in total. The Bertz CT molecular complexity index is 291. The molecule has 0 spiro atoms. The number of nitrogens with zero attached hydrogens (tertiary/aromatic N) is 1. The zero-order valence-electron chi connectivity index (χ0n) is 14.6. The molecule has 0 saturated heterocycles. The zero-order valence-corrected chi connectivity index (χ0v) is 14.6. The van der Waals surface area contributed by atoms with Crippen LogP contribution < -0.4 is 0 Å². The minimum atomic E-state index is 0.0564. The summed E-state index contributed by atoms with van der Waals surface area (Å²) in [4.78, 5) is 0. The van der Waals surface area contributed by atoms with Gasteiger partial charge >= 0.3 is 0 Å². The lowest BCUT2D eigenvalue weighted by atomic mass is 9.81. The lowest BCUT2D eigenvalue weighted by Gasteiger charge is -2.20. The van der Waals surface area contributed by atoms with Crippen molar-refractivity contribution in [1.29, 1.82) is 5.26 Å². The molecule has 1 heteroatoms. The Kier molecular flexibility index (Phi) is 9.81. The van der Waals surface area contributed by atoms with Crippen LogP contribution in [-0.4, -0.2) is 0 Å². The fraction of sp³-hybridized carbons (Fsp3) is 0.950. The summed E-state index contributed by atoms with van der Waals surface area (Å²) in [6.45, 7) is 4.56. The highest BCUT2D eigenvalue weighted by molar-refractivity contribution is 5.03. The quantitative estimate of drug-likeness (QED) is 0.354. The van der Waals surface area contributed by atoms with E-state index in [0.29, 0.717) is 0 Å². The lowest BCUT2D eigenvalue weighted by molar-refractivity contribution is 0.338. The number of hydrogen-bond donors (Lipinski definition) is 0. The molecule has 0 N–H and O–H groups in total. The minimum Gasteiger partial charge on any atom is -0.198 e. The molecule has 0 aliphatic heterocycles. The zero-order chi connectivity index (χ0) is 15.4. The van der Waals surface area contributed by atoms with E-state index < -0.39 is 0 Å². The fourth-order valence-corrected chi connectivity index (χ4v) is 3.92. The van der Waals surface area contributed by atoms with Gasteiger partial charge in [0.2, 0.25) is 0 Å². The van der Waals surface area contributed by atoms with Gasteiger partial charge in [-0.15, -0.1) is 0 Å². The van der Waals surface area contributed by atoms with Gasteiger partial charge in [-0.1, -0.05) is 84.5 Å². The van der Waals surface area contributed by atoms with Crippen LogP contribution in [0.4, 0.5) is 0 Å². The van der Waals surface area contributed by atoms with Gasteiger partial charge in [0, 0.05) is 0 Å². The number of hydrogen-bond acceptors (Lipinski definition) is 1. The highest BCUT2D eigenvalue weighted by Gasteiger charge is 2.37. The third-order valence-electron chi connectivity index (χ3n) is 5.53. The number of unbranched alkanes of at least 4 members (excludes halogenated alkanes) is 9. The highest BCUT2D eigenvalue weighted by atomic mass is 14.4. The maximum Gasteiger partial charge on any atom is 0.0689 e. The topological polar surface area (TPSA) is 23.8 Å². The van der Waals surface area contributed by atoms with Crippen molar-refractivity contribution < 1.29 is 0 Å². The van der Waals surface area contributed by atoms with E-state index in [1.807, 2.05) is 0 Å². The van der Waals surface area contributed by atoms with Gasteiger partial charge in [-0.05, 0) is 31.6 Å². The molecule has 0 bridgehead atoms. The first-order valence-corrected chi connectivity index (χ1v) is 9.67. The summed E-state index contributed by atoms with van der Waals surface area (Å²) in [5.74, 6) is 0.827. The smallest absolute Gasteiger partial charge is 0.0689 e. The Balaban J connectivity index is 1.97. The minimum absolute atomic E-state index is 0.0564. The second kappa shape index (κ2) is 11.1. The standard InChI is InChI=1S/C20H37N/c1-3-5-6-7-8-9-10-11-12-13-15-20(18-21)16-14-19(4-2)17-20/h19H,3-17H2,1-2H3. The Labute approximate surface area is 133 Å². The SMILES string of the molecule is CCCCCCCCCCCCC1(C#N)CCC(CC)C1. The van der Waals surface area contributed by atoms with Crippen LogP contribution in [0.15, 0.2) is 0 Å². The summed E-state index contributed by atoms with van der Waals surface area (Å²) in [7, 11) is 0. The first-order valence-electron chi connectivity index (χ1n) is 9.67. The average Bonchev–Trinajstić information content (AvgIpc) is 2.93. The van der Waals surface area contributed by atoms with Crippen LogP contribution >= 0.6 is 0 Å². The highest BCUT2D eigenvalue weighted by Crippen LogP contribution is 2.46. The van der Waals surface area contributed by atoms with E-state index in [-0.39, 0.29) is 5.41 Å². The Morgan fingerprint density at radius 3 is 1.95 bits per heavy atom. The summed E-state index contributed by atoms with van der Waals surface area (Å²) in [5.41, 5.74) is 0.0564. The van der Waals surface area contributed by atoms with Crippen molar-refractivity contribution in [2.75, 3.05) is 0 Å².